The molecular formula is C11H17N3O5S. The van der Waals surface area contributed by atoms with Gasteiger partial charge in [-0.1, -0.05) is 11.6 Å². The summed E-state index contributed by atoms with van der Waals surface area (Å²) in [5, 5.41) is 2.85. The van der Waals surface area contributed by atoms with E-state index in [9.17, 15) is 13.2 Å². The average molecular weight is 303 g/mol. The van der Waals surface area contributed by atoms with E-state index in [0.29, 0.717) is 25.2 Å². The first-order valence-corrected chi connectivity index (χ1v) is 7.84. The van der Waals surface area contributed by atoms with Crippen LogP contribution in [0, 0.1) is 12.8 Å². The van der Waals surface area contributed by atoms with Gasteiger partial charge in [0.05, 0.1) is 24.8 Å². The topological polar surface area (TPSA) is 111 Å². The summed E-state index contributed by atoms with van der Waals surface area (Å²) in [6, 6.07) is 0. The van der Waals surface area contributed by atoms with Gasteiger partial charge in [-0.3, -0.25) is 4.79 Å². The maximum absolute atomic E-state index is 12.2. The molecular weight excluding hydrogens is 286 g/mol. The molecule has 1 aromatic heterocycles. The van der Waals surface area contributed by atoms with Crippen molar-refractivity contribution in [2.24, 2.45) is 5.92 Å². The summed E-state index contributed by atoms with van der Waals surface area (Å²) < 4.78 is 36.3. The number of methoxy groups -OCH3 is 1. The van der Waals surface area contributed by atoms with E-state index in [-0.39, 0.29) is 12.4 Å². The number of hydrogen-bond acceptors (Lipinski definition) is 7. The fourth-order valence-electron chi connectivity index (χ4n) is 2.40. The van der Waals surface area contributed by atoms with Crippen LogP contribution >= 0.6 is 0 Å². The molecule has 9 heteroatoms. The number of nitrogens with one attached hydrogen (secondary N) is 1. The molecule has 0 aliphatic heterocycles. The fraction of sp³-hybridized carbons (Fsp3) is 0.727. The molecule has 0 bridgehead atoms. The molecule has 2 rings (SSSR count). The Bertz CT molecular complexity index is 583. The lowest BCUT2D eigenvalue weighted by molar-refractivity contribution is -0.145. The second kappa shape index (κ2) is 5.88. The SMILES string of the molecule is COC(=O)C1CCCC1S(=O)(=O)NCc1noc(C)n1. The van der Waals surface area contributed by atoms with Crippen LogP contribution in [-0.4, -0.2) is 36.9 Å². The van der Waals surface area contributed by atoms with Crippen LogP contribution in [0.5, 0.6) is 0 Å². The molecule has 1 aliphatic rings. The smallest absolute Gasteiger partial charge is 0.310 e. The molecule has 1 aromatic rings. The number of aromatic nitrogens is 2. The molecule has 0 spiro atoms. The third-order valence-electron chi connectivity index (χ3n) is 3.36. The number of hydrogen-bond donors (Lipinski definition) is 1. The highest BCUT2D eigenvalue weighted by Gasteiger charge is 2.42. The molecule has 1 N–H and O–H groups in total. The monoisotopic (exact) mass is 303 g/mol. The van der Waals surface area contributed by atoms with Crippen molar-refractivity contribution in [2.45, 2.75) is 38.0 Å². The Morgan fingerprint density at radius 2 is 2.25 bits per heavy atom. The van der Waals surface area contributed by atoms with Gasteiger partial charge in [0.15, 0.2) is 5.82 Å². The molecule has 1 aliphatic carbocycles. The Hall–Kier alpha value is -1.48. The second-order valence-corrected chi connectivity index (χ2v) is 6.68. The second-order valence-electron chi connectivity index (χ2n) is 4.69. The first-order valence-electron chi connectivity index (χ1n) is 6.29. The number of sulfonamides is 1. The zero-order chi connectivity index (χ0) is 14.8. The lowest BCUT2D eigenvalue weighted by atomic mass is 10.1. The first kappa shape index (κ1) is 14.9. The van der Waals surface area contributed by atoms with Crippen molar-refractivity contribution in [3.8, 4) is 0 Å². The molecule has 0 saturated heterocycles. The van der Waals surface area contributed by atoms with Gasteiger partial charge in [-0.05, 0) is 12.8 Å². The van der Waals surface area contributed by atoms with Gasteiger partial charge in [-0.15, -0.1) is 0 Å². The summed E-state index contributed by atoms with van der Waals surface area (Å²) in [5.41, 5.74) is 0. The highest BCUT2D eigenvalue weighted by molar-refractivity contribution is 7.90. The van der Waals surface area contributed by atoms with E-state index < -0.39 is 27.2 Å². The summed E-state index contributed by atoms with van der Waals surface area (Å²) in [7, 11) is -2.36. The summed E-state index contributed by atoms with van der Waals surface area (Å²) in [4.78, 5) is 15.5. The highest BCUT2D eigenvalue weighted by Crippen LogP contribution is 2.31. The van der Waals surface area contributed by atoms with Gasteiger partial charge in [0.2, 0.25) is 15.9 Å². The molecule has 0 amide bonds. The van der Waals surface area contributed by atoms with Crippen molar-refractivity contribution < 1.29 is 22.5 Å². The standard InChI is InChI=1S/C11H17N3O5S/c1-7-13-10(14-19-7)6-12-20(16,17)9-5-3-4-8(9)11(15)18-2/h8-9,12H,3-6H2,1-2H3. The quantitative estimate of drug-likeness (QED) is 0.770. The Balaban J connectivity index is 2.04. The normalized spacial score (nSPS) is 22.9. The number of ether oxygens (including phenoxy) is 1. The van der Waals surface area contributed by atoms with Crippen LogP contribution in [0.3, 0.4) is 0 Å². The molecule has 2 atom stereocenters. The van der Waals surface area contributed by atoms with Crippen molar-refractivity contribution in [3.05, 3.63) is 11.7 Å². The van der Waals surface area contributed by atoms with Gasteiger partial charge in [-0.2, -0.15) is 4.98 Å². The summed E-state index contributed by atoms with van der Waals surface area (Å²) in [5.74, 6) is -0.455. The predicted molar refractivity (Wildman–Crippen MR) is 67.9 cm³/mol. The van der Waals surface area contributed by atoms with Crippen LogP contribution in [0.25, 0.3) is 0 Å². The van der Waals surface area contributed by atoms with Crippen LogP contribution in [0.2, 0.25) is 0 Å². The van der Waals surface area contributed by atoms with Crippen molar-refractivity contribution >= 4 is 16.0 Å². The summed E-state index contributed by atoms with van der Waals surface area (Å²) >= 11 is 0. The van der Waals surface area contributed by atoms with E-state index in [1.54, 1.807) is 6.92 Å². The number of carbonyl (C=O) groups is 1. The van der Waals surface area contributed by atoms with E-state index >= 15 is 0 Å². The number of esters is 1. The zero-order valence-corrected chi connectivity index (χ0v) is 12.1. The van der Waals surface area contributed by atoms with Gasteiger partial charge in [0.1, 0.15) is 0 Å². The van der Waals surface area contributed by atoms with Gasteiger partial charge < -0.3 is 9.26 Å². The Morgan fingerprint density at radius 1 is 1.50 bits per heavy atom. The lowest BCUT2D eigenvalue weighted by Crippen LogP contribution is -2.39. The van der Waals surface area contributed by atoms with E-state index in [4.69, 9.17) is 4.52 Å². The van der Waals surface area contributed by atoms with E-state index in [2.05, 4.69) is 19.6 Å². The molecule has 1 saturated carbocycles. The molecule has 1 heterocycles. The van der Waals surface area contributed by atoms with Crippen LogP contribution in [-0.2, 0) is 26.1 Å². The Labute approximate surface area is 116 Å². The van der Waals surface area contributed by atoms with Gasteiger partial charge in [0, 0.05) is 6.92 Å². The highest BCUT2D eigenvalue weighted by atomic mass is 32.2. The van der Waals surface area contributed by atoms with Crippen molar-refractivity contribution in [1.82, 2.24) is 14.9 Å². The lowest BCUT2D eigenvalue weighted by Gasteiger charge is -2.17. The maximum Gasteiger partial charge on any atom is 0.310 e. The predicted octanol–water partition coefficient (Wildman–Crippen LogP) is 0.139. The Morgan fingerprint density at radius 3 is 2.85 bits per heavy atom. The fourth-order valence-corrected chi connectivity index (χ4v) is 4.10. The van der Waals surface area contributed by atoms with Crippen LogP contribution < -0.4 is 4.72 Å². The van der Waals surface area contributed by atoms with Crippen LogP contribution in [0.1, 0.15) is 31.0 Å². The summed E-state index contributed by atoms with van der Waals surface area (Å²) in [6.45, 7) is 1.57. The van der Waals surface area contributed by atoms with Crippen LogP contribution in [0.4, 0.5) is 0 Å². The molecule has 8 nitrogen and oxygen atoms in total. The third kappa shape index (κ3) is 3.15. The minimum Gasteiger partial charge on any atom is -0.469 e. The van der Waals surface area contributed by atoms with Gasteiger partial charge in [0.25, 0.3) is 0 Å². The number of carbonyl (C=O) groups excluding carboxylic acids is 1. The third-order valence-corrected chi connectivity index (χ3v) is 5.26. The first-order chi connectivity index (χ1) is 9.44. The molecule has 20 heavy (non-hydrogen) atoms. The molecule has 2 unspecified atom stereocenters. The van der Waals surface area contributed by atoms with Crippen molar-refractivity contribution in [3.63, 3.8) is 0 Å². The largest absolute Gasteiger partial charge is 0.469 e. The van der Waals surface area contributed by atoms with Crippen molar-refractivity contribution in [1.29, 1.82) is 0 Å². The number of rotatable bonds is 5. The van der Waals surface area contributed by atoms with Gasteiger partial charge >= 0.3 is 5.97 Å². The van der Waals surface area contributed by atoms with Crippen molar-refractivity contribution in [2.75, 3.05) is 7.11 Å². The van der Waals surface area contributed by atoms with Crippen LogP contribution in [0.15, 0.2) is 4.52 Å². The van der Waals surface area contributed by atoms with E-state index in [0.717, 1.165) is 0 Å². The van der Waals surface area contributed by atoms with E-state index in [1.165, 1.54) is 7.11 Å². The minimum absolute atomic E-state index is 0.0515. The molecule has 1 fully saturated rings. The van der Waals surface area contributed by atoms with E-state index in [1.807, 2.05) is 0 Å². The zero-order valence-electron chi connectivity index (χ0n) is 11.3. The Kier molecular flexibility index (Phi) is 4.39. The molecule has 112 valence electrons. The minimum atomic E-state index is -3.63. The maximum atomic E-state index is 12.2. The summed E-state index contributed by atoms with van der Waals surface area (Å²) in [6.07, 6.45) is 1.66. The number of aryl methyl sites for hydroxylation is 1. The molecule has 0 aromatic carbocycles. The van der Waals surface area contributed by atoms with Gasteiger partial charge in [-0.25, -0.2) is 13.1 Å². The molecule has 0 radical (unpaired) electrons. The number of nitrogens with zero attached hydrogens (tertiary/aromatic N) is 2. The average Bonchev–Trinajstić information content (AvgIpc) is 3.04.